The Hall–Kier alpha value is -4.06. The predicted molar refractivity (Wildman–Crippen MR) is 119 cm³/mol. The standard InChI is InChI=1S/C22H18F4N8/c1-2-28-15-6-12(23)5-13-18-20(34-4-3-16(33-34)22(24,25)26)14(10-31-21(18)32-19(13)15)11-8-29-17(7-27)30-9-11/h3-6,8-10,28H,2,7,27H2,1H3,(H,31,32). The van der Waals surface area contributed by atoms with E-state index in [1.54, 1.807) is 0 Å². The molecule has 5 aromatic rings. The number of aromatic nitrogens is 6. The summed E-state index contributed by atoms with van der Waals surface area (Å²) in [5, 5.41) is 7.71. The molecular weight excluding hydrogens is 452 g/mol. The summed E-state index contributed by atoms with van der Waals surface area (Å²) in [5.41, 5.74) is 7.15. The second-order valence-electron chi connectivity index (χ2n) is 7.51. The zero-order valence-electron chi connectivity index (χ0n) is 17.8. The number of rotatable bonds is 5. The van der Waals surface area contributed by atoms with Gasteiger partial charge in [0.1, 0.15) is 17.3 Å². The Labute approximate surface area is 189 Å². The second kappa shape index (κ2) is 8.06. The molecule has 0 radical (unpaired) electrons. The van der Waals surface area contributed by atoms with Gasteiger partial charge in [-0.1, -0.05) is 0 Å². The first-order valence-electron chi connectivity index (χ1n) is 10.3. The highest BCUT2D eigenvalue weighted by atomic mass is 19.4. The van der Waals surface area contributed by atoms with Crippen LogP contribution < -0.4 is 11.1 Å². The summed E-state index contributed by atoms with van der Waals surface area (Å²) in [5.74, 6) is -0.102. The molecule has 0 bridgehead atoms. The molecule has 4 aromatic heterocycles. The van der Waals surface area contributed by atoms with E-state index in [1.165, 1.54) is 36.9 Å². The van der Waals surface area contributed by atoms with Gasteiger partial charge in [-0.25, -0.2) is 24.0 Å². The maximum absolute atomic E-state index is 14.6. The first-order chi connectivity index (χ1) is 16.3. The third-order valence-electron chi connectivity index (χ3n) is 5.34. The van der Waals surface area contributed by atoms with E-state index in [-0.39, 0.29) is 12.2 Å². The van der Waals surface area contributed by atoms with Crippen molar-refractivity contribution in [2.24, 2.45) is 5.73 Å². The Morgan fingerprint density at radius 3 is 2.53 bits per heavy atom. The molecule has 0 unspecified atom stereocenters. The Morgan fingerprint density at radius 1 is 1.12 bits per heavy atom. The zero-order chi connectivity index (χ0) is 24.0. The van der Waals surface area contributed by atoms with Crippen molar-refractivity contribution in [1.82, 2.24) is 29.7 Å². The number of benzene rings is 1. The number of anilines is 1. The average molecular weight is 470 g/mol. The number of nitrogens with two attached hydrogens (primary N) is 1. The van der Waals surface area contributed by atoms with E-state index in [4.69, 9.17) is 5.73 Å². The molecule has 174 valence electrons. The van der Waals surface area contributed by atoms with Crippen LogP contribution in [0.5, 0.6) is 0 Å². The van der Waals surface area contributed by atoms with Crippen LogP contribution in [-0.4, -0.2) is 36.3 Å². The Balaban J connectivity index is 1.87. The minimum absolute atomic E-state index is 0.132. The van der Waals surface area contributed by atoms with Gasteiger partial charge in [0.25, 0.3) is 0 Å². The molecule has 1 aromatic carbocycles. The molecule has 34 heavy (non-hydrogen) atoms. The van der Waals surface area contributed by atoms with E-state index >= 15 is 0 Å². The van der Waals surface area contributed by atoms with E-state index in [1.807, 2.05) is 6.92 Å². The molecule has 0 aliphatic rings. The minimum atomic E-state index is -4.63. The van der Waals surface area contributed by atoms with Gasteiger partial charge in [0.05, 0.1) is 28.8 Å². The summed E-state index contributed by atoms with van der Waals surface area (Å²) in [6, 6.07) is 3.53. The molecule has 0 atom stereocenters. The molecule has 0 aliphatic heterocycles. The molecule has 0 saturated heterocycles. The number of fused-ring (bicyclic) bond motifs is 3. The smallest absolute Gasteiger partial charge is 0.384 e. The number of hydrogen-bond donors (Lipinski definition) is 3. The number of alkyl halides is 3. The zero-order valence-corrected chi connectivity index (χ0v) is 17.8. The minimum Gasteiger partial charge on any atom is -0.384 e. The Bertz CT molecular complexity index is 1500. The highest BCUT2D eigenvalue weighted by Crippen LogP contribution is 2.39. The number of halogens is 4. The molecule has 4 heterocycles. The van der Waals surface area contributed by atoms with E-state index in [0.717, 1.165) is 10.7 Å². The molecule has 0 fully saturated rings. The van der Waals surface area contributed by atoms with Crippen LogP contribution in [0.3, 0.4) is 0 Å². The van der Waals surface area contributed by atoms with Crippen molar-refractivity contribution in [2.45, 2.75) is 19.6 Å². The van der Waals surface area contributed by atoms with E-state index in [2.05, 4.69) is 30.4 Å². The fourth-order valence-corrected chi connectivity index (χ4v) is 3.89. The van der Waals surface area contributed by atoms with Crippen LogP contribution in [0.1, 0.15) is 18.4 Å². The van der Waals surface area contributed by atoms with Crippen LogP contribution in [-0.2, 0) is 12.7 Å². The lowest BCUT2D eigenvalue weighted by molar-refractivity contribution is -0.141. The average Bonchev–Trinajstić information content (AvgIpc) is 3.44. The number of nitrogens with one attached hydrogen (secondary N) is 2. The van der Waals surface area contributed by atoms with Gasteiger partial charge in [-0.2, -0.15) is 18.3 Å². The van der Waals surface area contributed by atoms with E-state index in [9.17, 15) is 17.6 Å². The Kier molecular flexibility index (Phi) is 5.16. The van der Waals surface area contributed by atoms with Gasteiger partial charge in [0.15, 0.2) is 5.69 Å². The van der Waals surface area contributed by atoms with Crippen molar-refractivity contribution in [3.05, 3.63) is 60.3 Å². The fourth-order valence-electron chi connectivity index (χ4n) is 3.89. The summed E-state index contributed by atoms with van der Waals surface area (Å²) in [6.45, 7) is 2.54. The van der Waals surface area contributed by atoms with Gasteiger partial charge in [-0.15, -0.1) is 0 Å². The van der Waals surface area contributed by atoms with Gasteiger partial charge in [0, 0.05) is 47.8 Å². The Morgan fingerprint density at radius 2 is 1.88 bits per heavy atom. The molecule has 0 aliphatic carbocycles. The topological polar surface area (TPSA) is 110 Å². The number of nitrogens with zero attached hydrogens (tertiary/aromatic N) is 5. The van der Waals surface area contributed by atoms with Crippen molar-refractivity contribution in [3.63, 3.8) is 0 Å². The van der Waals surface area contributed by atoms with Gasteiger partial charge in [0.2, 0.25) is 0 Å². The summed E-state index contributed by atoms with van der Waals surface area (Å²) < 4.78 is 55.7. The highest BCUT2D eigenvalue weighted by Gasteiger charge is 2.34. The summed E-state index contributed by atoms with van der Waals surface area (Å²) in [4.78, 5) is 16.0. The van der Waals surface area contributed by atoms with Crippen LogP contribution in [0, 0.1) is 5.82 Å². The third kappa shape index (κ3) is 3.61. The van der Waals surface area contributed by atoms with Gasteiger partial charge >= 0.3 is 6.18 Å². The van der Waals surface area contributed by atoms with Crippen LogP contribution in [0.4, 0.5) is 23.2 Å². The van der Waals surface area contributed by atoms with Crippen LogP contribution in [0.25, 0.3) is 38.8 Å². The lowest BCUT2D eigenvalue weighted by atomic mass is 10.0. The third-order valence-corrected chi connectivity index (χ3v) is 5.34. The van der Waals surface area contributed by atoms with Crippen LogP contribution >= 0.6 is 0 Å². The summed E-state index contributed by atoms with van der Waals surface area (Å²) in [6.07, 6.45) is 1.09. The molecule has 0 spiro atoms. The van der Waals surface area contributed by atoms with Gasteiger partial charge in [-0.3, -0.25) is 0 Å². The highest BCUT2D eigenvalue weighted by molar-refractivity contribution is 6.15. The van der Waals surface area contributed by atoms with Crippen molar-refractivity contribution >= 4 is 27.6 Å². The fraction of sp³-hybridized carbons (Fsp3) is 0.182. The summed E-state index contributed by atoms with van der Waals surface area (Å²) in [7, 11) is 0. The summed E-state index contributed by atoms with van der Waals surface area (Å²) >= 11 is 0. The SMILES string of the molecule is CCNc1cc(F)cc2c1[nH]c1ncc(-c3cnc(CN)nc3)c(-n3ccc(C(F)(F)F)n3)c12. The molecule has 4 N–H and O–H groups in total. The molecule has 8 nitrogen and oxygen atoms in total. The van der Waals surface area contributed by atoms with Crippen molar-refractivity contribution in [3.8, 4) is 16.8 Å². The van der Waals surface area contributed by atoms with E-state index < -0.39 is 17.7 Å². The molecule has 0 saturated carbocycles. The quantitative estimate of drug-likeness (QED) is 0.328. The van der Waals surface area contributed by atoms with Crippen molar-refractivity contribution in [2.75, 3.05) is 11.9 Å². The molecule has 5 rings (SSSR count). The first kappa shape index (κ1) is 21.8. The molecule has 0 amide bonds. The number of pyridine rings is 1. The second-order valence-corrected chi connectivity index (χ2v) is 7.51. The van der Waals surface area contributed by atoms with Gasteiger partial charge < -0.3 is 16.0 Å². The maximum atomic E-state index is 14.6. The lowest BCUT2D eigenvalue weighted by Crippen LogP contribution is -2.08. The van der Waals surface area contributed by atoms with Crippen LogP contribution in [0.15, 0.2) is 43.0 Å². The van der Waals surface area contributed by atoms with Crippen molar-refractivity contribution < 1.29 is 17.6 Å². The monoisotopic (exact) mass is 470 g/mol. The van der Waals surface area contributed by atoms with Crippen LogP contribution in [0.2, 0.25) is 0 Å². The number of H-pyrrole nitrogens is 1. The number of aromatic amines is 1. The van der Waals surface area contributed by atoms with Gasteiger partial charge in [-0.05, 0) is 25.1 Å². The number of hydrogen-bond acceptors (Lipinski definition) is 6. The normalized spacial score (nSPS) is 12.1. The first-order valence-corrected chi connectivity index (χ1v) is 10.3. The largest absolute Gasteiger partial charge is 0.435 e. The van der Waals surface area contributed by atoms with Crippen molar-refractivity contribution in [1.29, 1.82) is 0 Å². The van der Waals surface area contributed by atoms with E-state index in [0.29, 0.717) is 51.1 Å². The predicted octanol–water partition coefficient (Wildman–Crippen LogP) is 4.41. The lowest BCUT2D eigenvalue weighted by Gasteiger charge is -2.12. The molecular formula is C22H18F4N8. The maximum Gasteiger partial charge on any atom is 0.435 e. The molecule has 12 heteroatoms.